The summed E-state index contributed by atoms with van der Waals surface area (Å²) < 4.78 is 16.4. The van der Waals surface area contributed by atoms with E-state index in [9.17, 15) is 24.3 Å². The molecule has 0 aromatic rings. The quantitative estimate of drug-likeness (QED) is 0.510. The second-order valence-corrected chi connectivity index (χ2v) is 7.53. The van der Waals surface area contributed by atoms with Gasteiger partial charge in [0.2, 0.25) is 0 Å². The van der Waals surface area contributed by atoms with Crippen molar-refractivity contribution in [3.63, 3.8) is 0 Å². The molecule has 1 aliphatic heterocycles. The molecule has 8 heteroatoms. The molecule has 3 aliphatic carbocycles. The van der Waals surface area contributed by atoms with E-state index in [4.69, 9.17) is 9.47 Å². The summed E-state index contributed by atoms with van der Waals surface area (Å²) in [4.78, 5) is 46.3. The maximum atomic E-state index is 11.7. The van der Waals surface area contributed by atoms with Gasteiger partial charge in [0.05, 0.1) is 17.4 Å². The van der Waals surface area contributed by atoms with Crippen molar-refractivity contribution in [3.05, 3.63) is 71.3 Å². The van der Waals surface area contributed by atoms with Crippen LogP contribution in [0.25, 0.3) is 0 Å². The first kappa shape index (κ1) is 20.6. The van der Waals surface area contributed by atoms with Crippen LogP contribution in [0.15, 0.2) is 71.3 Å². The number of carbonyl (C=O) groups excluding carboxylic acids is 3. The predicted octanol–water partition coefficient (Wildman–Crippen LogP) is 2.30. The molecule has 160 valence electrons. The third-order valence-corrected chi connectivity index (χ3v) is 5.35. The summed E-state index contributed by atoms with van der Waals surface area (Å²) in [5, 5.41) is 9.34. The van der Waals surface area contributed by atoms with Gasteiger partial charge in [-0.15, -0.1) is 0 Å². The molecular formula is C23H20O8. The van der Waals surface area contributed by atoms with Gasteiger partial charge in [-0.05, 0) is 43.4 Å². The number of allylic oxidation sites excluding steroid dienone is 2. The lowest BCUT2D eigenvalue weighted by molar-refractivity contribution is -0.153. The van der Waals surface area contributed by atoms with Crippen LogP contribution in [-0.4, -0.2) is 41.0 Å². The highest BCUT2D eigenvalue weighted by molar-refractivity contribution is 6.08. The average Bonchev–Trinajstić information content (AvgIpc) is 3.02. The van der Waals surface area contributed by atoms with Gasteiger partial charge < -0.3 is 19.3 Å². The summed E-state index contributed by atoms with van der Waals surface area (Å²) in [5.41, 5.74) is 0.140. The Bertz CT molecular complexity index is 1040. The Labute approximate surface area is 177 Å². The van der Waals surface area contributed by atoms with Gasteiger partial charge in [-0.1, -0.05) is 12.2 Å². The smallest absolute Gasteiger partial charge is 0.336 e. The van der Waals surface area contributed by atoms with Gasteiger partial charge in [0.1, 0.15) is 23.7 Å². The molecule has 0 radical (unpaired) electrons. The van der Waals surface area contributed by atoms with Gasteiger partial charge >= 0.3 is 17.9 Å². The van der Waals surface area contributed by atoms with Gasteiger partial charge in [-0.25, -0.2) is 4.79 Å². The van der Waals surface area contributed by atoms with Crippen molar-refractivity contribution < 1.29 is 38.5 Å². The summed E-state index contributed by atoms with van der Waals surface area (Å²) in [6.07, 6.45) is 13.4. The number of cyclic esters (lactones) is 2. The van der Waals surface area contributed by atoms with E-state index in [1.807, 2.05) is 6.08 Å². The largest absolute Gasteiger partial charge is 0.486 e. The molecule has 4 unspecified atom stereocenters. The fourth-order valence-electron chi connectivity index (χ4n) is 3.80. The van der Waals surface area contributed by atoms with Gasteiger partial charge in [0.15, 0.2) is 5.78 Å². The molecule has 31 heavy (non-hydrogen) atoms. The number of hydrogen-bond acceptors (Lipinski definition) is 7. The number of carbonyl (C=O) groups is 4. The zero-order valence-electron chi connectivity index (χ0n) is 16.6. The fraction of sp³-hybridized carbons (Fsp3) is 0.304. The zero-order chi connectivity index (χ0) is 22.1. The number of esters is 2. The van der Waals surface area contributed by atoms with Crippen molar-refractivity contribution in [1.29, 1.82) is 0 Å². The Kier molecular flexibility index (Phi) is 5.46. The SMILES string of the molecule is CC(=O)C1=CCC(OC2=CCC(OC3=CC4C(=O)OC(=O)C4C=C3)C=C2)C=C1C(=O)O. The molecule has 4 rings (SSSR count). The summed E-state index contributed by atoms with van der Waals surface area (Å²) >= 11 is 0. The Morgan fingerprint density at radius 2 is 1.58 bits per heavy atom. The van der Waals surface area contributed by atoms with Gasteiger partial charge in [-0.3, -0.25) is 14.4 Å². The average molecular weight is 424 g/mol. The van der Waals surface area contributed by atoms with Crippen molar-refractivity contribution in [1.82, 2.24) is 0 Å². The Morgan fingerprint density at radius 3 is 2.26 bits per heavy atom. The van der Waals surface area contributed by atoms with Gasteiger partial charge in [-0.2, -0.15) is 0 Å². The number of carboxylic acid groups (broad SMARTS) is 1. The third kappa shape index (κ3) is 4.28. The van der Waals surface area contributed by atoms with Gasteiger partial charge in [0, 0.05) is 18.4 Å². The lowest BCUT2D eigenvalue weighted by Gasteiger charge is -2.24. The van der Waals surface area contributed by atoms with E-state index in [0.29, 0.717) is 24.4 Å². The number of hydrogen-bond donors (Lipinski definition) is 1. The molecule has 4 aliphatic rings. The van der Waals surface area contributed by atoms with E-state index < -0.39 is 35.8 Å². The molecule has 1 fully saturated rings. The minimum Gasteiger partial charge on any atom is -0.486 e. The van der Waals surface area contributed by atoms with Crippen molar-refractivity contribution in [2.75, 3.05) is 0 Å². The predicted molar refractivity (Wildman–Crippen MR) is 106 cm³/mol. The molecule has 1 saturated heterocycles. The topological polar surface area (TPSA) is 116 Å². The maximum absolute atomic E-state index is 11.7. The molecule has 0 bridgehead atoms. The second kappa shape index (κ2) is 8.22. The Morgan fingerprint density at radius 1 is 0.903 bits per heavy atom. The summed E-state index contributed by atoms with van der Waals surface area (Å²) in [7, 11) is 0. The maximum Gasteiger partial charge on any atom is 0.336 e. The number of ketones is 1. The van der Waals surface area contributed by atoms with Crippen LogP contribution in [0.5, 0.6) is 0 Å². The Balaban J connectivity index is 1.35. The van der Waals surface area contributed by atoms with E-state index in [0.717, 1.165) is 0 Å². The highest BCUT2D eigenvalue weighted by atomic mass is 16.6. The molecule has 0 amide bonds. The van der Waals surface area contributed by atoms with E-state index in [1.54, 1.807) is 36.5 Å². The van der Waals surface area contributed by atoms with E-state index in [-0.39, 0.29) is 23.0 Å². The summed E-state index contributed by atoms with van der Waals surface area (Å²) in [6, 6.07) is 0. The van der Waals surface area contributed by atoms with Crippen molar-refractivity contribution in [2.45, 2.75) is 32.0 Å². The number of aliphatic carboxylic acids is 1. The van der Waals surface area contributed by atoms with Crippen LogP contribution >= 0.6 is 0 Å². The summed E-state index contributed by atoms with van der Waals surface area (Å²) in [6.45, 7) is 1.33. The van der Waals surface area contributed by atoms with Crippen LogP contribution in [-0.2, 0) is 33.4 Å². The fourth-order valence-corrected chi connectivity index (χ4v) is 3.80. The molecule has 0 saturated carbocycles. The lowest BCUT2D eigenvalue weighted by atomic mass is 9.90. The van der Waals surface area contributed by atoms with E-state index in [1.165, 1.54) is 13.0 Å². The van der Waals surface area contributed by atoms with Crippen LogP contribution < -0.4 is 0 Å². The molecule has 8 nitrogen and oxygen atoms in total. The van der Waals surface area contributed by atoms with Crippen molar-refractivity contribution in [3.8, 4) is 0 Å². The number of rotatable bonds is 6. The van der Waals surface area contributed by atoms with Crippen LogP contribution in [0, 0.1) is 11.8 Å². The monoisotopic (exact) mass is 424 g/mol. The third-order valence-electron chi connectivity index (χ3n) is 5.35. The van der Waals surface area contributed by atoms with Crippen LogP contribution in [0.2, 0.25) is 0 Å². The minimum atomic E-state index is -1.17. The lowest BCUT2D eigenvalue weighted by Crippen LogP contribution is -2.21. The van der Waals surface area contributed by atoms with Crippen molar-refractivity contribution >= 4 is 23.7 Å². The molecule has 1 heterocycles. The number of fused-ring (bicyclic) bond motifs is 1. The normalized spacial score (nSPS) is 29.2. The Hall–Kier alpha value is -3.68. The molecular weight excluding hydrogens is 404 g/mol. The second-order valence-electron chi connectivity index (χ2n) is 7.53. The van der Waals surface area contributed by atoms with E-state index in [2.05, 4.69) is 4.74 Å². The molecule has 0 aromatic carbocycles. The highest BCUT2D eigenvalue weighted by Crippen LogP contribution is 2.32. The molecule has 0 spiro atoms. The van der Waals surface area contributed by atoms with Crippen LogP contribution in [0.4, 0.5) is 0 Å². The number of carboxylic acids is 1. The van der Waals surface area contributed by atoms with Crippen molar-refractivity contribution in [2.24, 2.45) is 11.8 Å². The molecule has 4 atom stereocenters. The molecule has 1 N–H and O–H groups in total. The minimum absolute atomic E-state index is 0.0522. The first-order chi connectivity index (χ1) is 14.8. The van der Waals surface area contributed by atoms with Gasteiger partial charge in [0.25, 0.3) is 0 Å². The highest BCUT2D eigenvalue weighted by Gasteiger charge is 2.43. The molecule has 0 aromatic heterocycles. The number of ether oxygens (including phenoxy) is 3. The first-order valence-corrected chi connectivity index (χ1v) is 9.85. The zero-order valence-corrected chi connectivity index (χ0v) is 16.6. The first-order valence-electron chi connectivity index (χ1n) is 9.85. The van der Waals surface area contributed by atoms with Crippen LogP contribution in [0.1, 0.15) is 19.8 Å². The number of Topliss-reactive ketones (excluding diaryl/α,β-unsaturated/α-hetero) is 1. The summed E-state index contributed by atoms with van der Waals surface area (Å²) in [5.74, 6) is -2.75. The standard InChI is InChI=1S/C23H20O8/c1-12(24)17-8-6-15(10-19(17)21(25)26)29-13-2-4-14(5-3-13)30-16-7-9-18-20(11-16)23(28)31-22(18)27/h2-4,7-11,14-15,18,20H,5-6H2,1H3,(H,25,26). The van der Waals surface area contributed by atoms with E-state index >= 15 is 0 Å². The van der Waals surface area contributed by atoms with Crippen LogP contribution in [0.3, 0.4) is 0 Å².